The highest BCUT2D eigenvalue weighted by Crippen LogP contribution is 2.51. The number of anilines is 1. The number of hydrogen-bond acceptors (Lipinski definition) is 4. The largest absolute Gasteiger partial charge is 0.391 e. The maximum Gasteiger partial charge on any atom is 0.250 e. The summed E-state index contributed by atoms with van der Waals surface area (Å²) in [5.74, 6) is 0.0448. The quantitative estimate of drug-likeness (QED) is 0.254. The highest BCUT2D eigenvalue weighted by molar-refractivity contribution is 6.03. The lowest BCUT2D eigenvalue weighted by molar-refractivity contribution is -0.112. The van der Waals surface area contributed by atoms with Gasteiger partial charge in [-0.3, -0.25) is 4.79 Å². The number of nitrogens with one attached hydrogen (secondary N) is 1. The number of benzene rings is 3. The van der Waals surface area contributed by atoms with E-state index < -0.39 is 6.10 Å². The van der Waals surface area contributed by atoms with E-state index in [0.29, 0.717) is 16.8 Å². The maximum absolute atomic E-state index is 12.2. The summed E-state index contributed by atoms with van der Waals surface area (Å²) in [5, 5.41) is 24.6. The van der Waals surface area contributed by atoms with Crippen LogP contribution in [0.25, 0.3) is 11.0 Å². The zero-order chi connectivity index (χ0) is 28.7. The van der Waals surface area contributed by atoms with Crippen molar-refractivity contribution in [1.29, 1.82) is 0 Å². The number of amides is 1. The summed E-state index contributed by atoms with van der Waals surface area (Å²) in [6.07, 6.45) is 1.01. The van der Waals surface area contributed by atoms with Gasteiger partial charge in [0, 0.05) is 11.3 Å². The predicted octanol–water partition coefficient (Wildman–Crippen LogP) is 6.83. The average molecular weight is 537 g/mol. The molecule has 1 amide bonds. The first-order chi connectivity index (χ1) is 19.0. The Morgan fingerprint density at radius 3 is 2.05 bits per heavy atom. The Bertz CT molecular complexity index is 1510. The Kier molecular flexibility index (Phi) is 7.40. The van der Waals surface area contributed by atoms with Crippen molar-refractivity contribution in [1.82, 2.24) is 15.0 Å². The normalized spacial score (nSPS) is 21.8. The first-order valence-corrected chi connectivity index (χ1v) is 14.1. The summed E-state index contributed by atoms with van der Waals surface area (Å²) in [4.78, 5) is 13.9. The number of nitrogens with zero attached hydrogens (tertiary/aromatic N) is 3. The third-order valence-corrected chi connectivity index (χ3v) is 9.19. The molecule has 4 atom stereocenters. The standard InChI is InChI=1S/C34H40N4O2/c1-22(2)32(40)35-26-17-18-28-29(21-26)37-38(36-28)30-20-25(33(3,4)23-13-9-7-10-14-23)19-27(31(30)39)34(5,6)24-15-11-8-12-16-24/h7-18,21,25,27,30-31,39H,1,19-20H2,2-6H3,(H,35,40). The second-order valence-electron chi connectivity index (χ2n) is 12.5. The van der Waals surface area contributed by atoms with Gasteiger partial charge in [0.2, 0.25) is 0 Å². The van der Waals surface area contributed by atoms with Crippen LogP contribution in [-0.4, -0.2) is 32.1 Å². The molecule has 0 aliphatic heterocycles. The van der Waals surface area contributed by atoms with Crippen molar-refractivity contribution in [3.05, 3.63) is 102 Å². The molecule has 1 fully saturated rings. The molecular formula is C34H40N4O2. The van der Waals surface area contributed by atoms with Crippen LogP contribution in [0, 0.1) is 11.8 Å². The zero-order valence-electron chi connectivity index (χ0n) is 24.1. The first-order valence-electron chi connectivity index (χ1n) is 14.1. The number of rotatable bonds is 7. The molecule has 0 bridgehead atoms. The Morgan fingerprint density at radius 1 is 0.875 bits per heavy atom. The molecule has 1 aliphatic rings. The van der Waals surface area contributed by atoms with Crippen molar-refractivity contribution in [2.45, 2.75) is 70.4 Å². The number of carbonyl (C=O) groups is 1. The van der Waals surface area contributed by atoms with E-state index in [1.807, 2.05) is 24.3 Å². The number of aromatic nitrogens is 3. The molecule has 1 aliphatic carbocycles. The van der Waals surface area contributed by atoms with E-state index in [1.165, 1.54) is 11.1 Å². The fourth-order valence-electron chi connectivity index (χ4n) is 6.36. The molecule has 4 unspecified atom stereocenters. The summed E-state index contributed by atoms with van der Waals surface area (Å²) < 4.78 is 0. The van der Waals surface area contributed by atoms with E-state index in [-0.39, 0.29) is 34.6 Å². The number of hydrogen-bond donors (Lipinski definition) is 2. The first kappa shape index (κ1) is 27.8. The fourth-order valence-corrected chi connectivity index (χ4v) is 6.36. The van der Waals surface area contributed by atoms with Gasteiger partial charge in [0.1, 0.15) is 11.0 Å². The van der Waals surface area contributed by atoms with Crippen molar-refractivity contribution in [2.75, 3.05) is 5.32 Å². The molecule has 4 aromatic rings. The zero-order valence-corrected chi connectivity index (χ0v) is 24.1. The third kappa shape index (κ3) is 5.20. The van der Waals surface area contributed by atoms with E-state index in [9.17, 15) is 9.90 Å². The molecular weight excluding hydrogens is 496 g/mol. The van der Waals surface area contributed by atoms with E-state index in [4.69, 9.17) is 10.2 Å². The minimum absolute atomic E-state index is 0.0128. The molecule has 0 spiro atoms. The Hall–Kier alpha value is -3.77. The third-order valence-electron chi connectivity index (χ3n) is 9.19. The van der Waals surface area contributed by atoms with Crippen LogP contribution in [0.1, 0.15) is 64.6 Å². The van der Waals surface area contributed by atoms with Gasteiger partial charge in [0.05, 0.1) is 12.1 Å². The second kappa shape index (κ2) is 10.7. The average Bonchev–Trinajstić information content (AvgIpc) is 3.37. The van der Waals surface area contributed by atoms with Gasteiger partial charge in [-0.05, 0) is 71.8 Å². The van der Waals surface area contributed by atoms with E-state index >= 15 is 0 Å². The number of carbonyl (C=O) groups excluding carboxylic acids is 1. The second-order valence-corrected chi connectivity index (χ2v) is 12.5. The Morgan fingerprint density at radius 2 is 1.45 bits per heavy atom. The molecule has 40 heavy (non-hydrogen) atoms. The molecule has 6 heteroatoms. The van der Waals surface area contributed by atoms with Gasteiger partial charge < -0.3 is 10.4 Å². The maximum atomic E-state index is 12.2. The molecule has 208 valence electrons. The topological polar surface area (TPSA) is 80.0 Å². The van der Waals surface area contributed by atoms with Crippen LogP contribution >= 0.6 is 0 Å². The SMILES string of the molecule is C=C(C)C(=O)Nc1ccc2nn(C3CC(C(C)(C)c4ccccc4)CC(C(C)(C)c4ccccc4)C3O)nc2c1. The number of aliphatic hydroxyl groups excluding tert-OH is 1. The van der Waals surface area contributed by atoms with Gasteiger partial charge in [-0.2, -0.15) is 15.0 Å². The summed E-state index contributed by atoms with van der Waals surface area (Å²) in [7, 11) is 0. The van der Waals surface area contributed by atoms with Crippen molar-refractivity contribution in [2.24, 2.45) is 11.8 Å². The van der Waals surface area contributed by atoms with Gasteiger partial charge in [0.15, 0.2) is 0 Å². The van der Waals surface area contributed by atoms with Crippen LogP contribution in [0.3, 0.4) is 0 Å². The number of fused-ring (bicyclic) bond motifs is 1. The molecule has 1 heterocycles. The highest BCUT2D eigenvalue weighted by atomic mass is 16.3. The minimum atomic E-state index is -0.637. The molecule has 5 rings (SSSR count). The Balaban J connectivity index is 1.55. The van der Waals surface area contributed by atoms with Gasteiger partial charge in [-0.25, -0.2) is 0 Å². The summed E-state index contributed by atoms with van der Waals surface area (Å²) in [6.45, 7) is 14.5. The van der Waals surface area contributed by atoms with Crippen LogP contribution in [0.5, 0.6) is 0 Å². The lowest BCUT2D eigenvalue weighted by atomic mass is 9.57. The van der Waals surface area contributed by atoms with Crippen molar-refractivity contribution >= 4 is 22.6 Å². The van der Waals surface area contributed by atoms with Gasteiger partial charge in [-0.15, -0.1) is 0 Å². The van der Waals surface area contributed by atoms with Crippen LogP contribution < -0.4 is 5.32 Å². The number of aliphatic hydroxyl groups is 1. The van der Waals surface area contributed by atoms with Crippen LogP contribution in [0.4, 0.5) is 5.69 Å². The van der Waals surface area contributed by atoms with Crippen molar-refractivity contribution < 1.29 is 9.90 Å². The molecule has 6 nitrogen and oxygen atoms in total. The summed E-state index contributed by atoms with van der Waals surface area (Å²) in [5.41, 5.74) is 4.61. The van der Waals surface area contributed by atoms with Gasteiger partial charge >= 0.3 is 0 Å². The highest BCUT2D eigenvalue weighted by Gasteiger charge is 2.49. The monoisotopic (exact) mass is 536 g/mol. The van der Waals surface area contributed by atoms with Crippen molar-refractivity contribution in [3.63, 3.8) is 0 Å². The minimum Gasteiger partial charge on any atom is -0.391 e. The smallest absolute Gasteiger partial charge is 0.250 e. The molecule has 3 aromatic carbocycles. The Labute approximate surface area is 237 Å². The van der Waals surface area contributed by atoms with E-state index in [0.717, 1.165) is 18.4 Å². The molecule has 0 radical (unpaired) electrons. The van der Waals surface area contributed by atoms with Crippen LogP contribution in [-0.2, 0) is 15.6 Å². The summed E-state index contributed by atoms with van der Waals surface area (Å²) >= 11 is 0. The van der Waals surface area contributed by atoms with Crippen LogP contribution in [0.15, 0.2) is 91.0 Å². The summed E-state index contributed by atoms with van der Waals surface area (Å²) in [6, 6.07) is 26.4. The van der Waals surface area contributed by atoms with Gasteiger partial charge in [-0.1, -0.05) is 94.9 Å². The van der Waals surface area contributed by atoms with Crippen LogP contribution in [0.2, 0.25) is 0 Å². The lowest BCUT2D eigenvalue weighted by Crippen LogP contribution is -2.50. The van der Waals surface area contributed by atoms with Gasteiger partial charge in [0.25, 0.3) is 5.91 Å². The molecule has 2 N–H and O–H groups in total. The van der Waals surface area contributed by atoms with E-state index in [1.54, 1.807) is 11.7 Å². The molecule has 1 aromatic heterocycles. The van der Waals surface area contributed by atoms with Crippen molar-refractivity contribution in [3.8, 4) is 0 Å². The van der Waals surface area contributed by atoms with E-state index in [2.05, 4.69) is 94.2 Å². The molecule has 1 saturated carbocycles. The lowest BCUT2D eigenvalue weighted by Gasteiger charge is -2.50. The fraction of sp³-hybridized carbons (Fsp3) is 0.382. The molecule has 0 saturated heterocycles. The predicted molar refractivity (Wildman–Crippen MR) is 161 cm³/mol.